The summed E-state index contributed by atoms with van der Waals surface area (Å²) < 4.78 is 25.3. The topological polar surface area (TPSA) is 144 Å². The number of aryl methyl sites for hydroxylation is 1. The summed E-state index contributed by atoms with van der Waals surface area (Å²) in [7, 11) is -4.17. The van der Waals surface area contributed by atoms with Crippen molar-refractivity contribution < 1.29 is 28.5 Å². The highest BCUT2D eigenvalue weighted by atomic mass is 32.2. The van der Waals surface area contributed by atoms with Gasteiger partial charge in [-0.05, 0) is 6.92 Å². The number of hydrogen-bond acceptors (Lipinski definition) is 6. The second-order valence-electron chi connectivity index (χ2n) is 4.29. The van der Waals surface area contributed by atoms with Gasteiger partial charge in [0.2, 0.25) is 5.03 Å². The van der Waals surface area contributed by atoms with E-state index in [-0.39, 0.29) is 18.8 Å². The van der Waals surface area contributed by atoms with Gasteiger partial charge in [0.05, 0.1) is 12.2 Å². The molecule has 9 nitrogen and oxygen atoms in total. The molecule has 0 aromatic carbocycles. The van der Waals surface area contributed by atoms with Crippen molar-refractivity contribution in [2.75, 3.05) is 13.1 Å². The third-order valence-electron chi connectivity index (χ3n) is 2.94. The molecule has 106 valence electrons. The normalized spacial score (nSPS) is 24.8. The van der Waals surface area contributed by atoms with Crippen molar-refractivity contribution in [3.63, 3.8) is 0 Å². The number of nitrogens with zero attached hydrogens (tertiary/aromatic N) is 2. The lowest BCUT2D eigenvalue weighted by Crippen LogP contribution is -2.31. The van der Waals surface area contributed by atoms with Crippen molar-refractivity contribution in [2.24, 2.45) is 0 Å². The first kappa shape index (κ1) is 13.9. The molecule has 0 saturated carbocycles. The number of aliphatic hydroxyl groups excluding tert-OH is 2. The third-order valence-corrected chi connectivity index (χ3v) is 4.70. The minimum Gasteiger partial charge on any atom is -0.478 e. The molecule has 1 aromatic rings. The average Bonchev–Trinajstić information content (AvgIpc) is 2.84. The molecule has 1 aliphatic rings. The van der Waals surface area contributed by atoms with Crippen LogP contribution in [-0.4, -0.2) is 69.5 Å². The molecule has 1 saturated heterocycles. The number of nitrogens with one attached hydrogen (secondary N) is 1. The fraction of sp³-hybridized carbons (Fsp3) is 0.556. The Labute approximate surface area is 108 Å². The molecule has 2 unspecified atom stereocenters. The first-order valence-corrected chi connectivity index (χ1v) is 6.83. The Hall–Kier alpha value is -1.49. The van der Waals surface area contributed by atoms with Gasteiger partial charge in [-0.2, -0.15) is 9.40 Å². The molecule has 0 spiro atoms. The third kappa shape index (κ3) is 2.23. The number of rotatable bonds is 3. The van der Waals surface area contributed by atoms with Crippen LogP contribution in [0.15, 0.2) is 5.03 Å². The Kier molecular flexibility index (Phi) is 3.34. The summed E-state index contributed by atoms with van der Waals surface area (Å²) in [6.07, 6.45) is -2.38. The number of aliphatic hydroxyl groups is 2. The Balaban J connectivity index is 2.44. The molecular formula is C9H13N3O6S. The molecule has 1 fully saturated rings. The van der Waals surface area contributed by atoms with Crippen LogP contribution in [0.2, 0.25) is 0 Å². The minimum absolute atomic E-state index is 0.117. The van der Waals surface area contributed by atoms with Gasteiger partial charge in [-0.3, -0.25) is 5.10 Å². The molecule has 1 aromatic heterocycles. The number of aromatic carboxylic acids is 1. The number of H-pyrrole nitrogens is 1. The maximum absolute atomic E-state index is 12.2. The van der Waals surface area contributed by atoms with Gasteiger partial charge in [0.25, 0.3) is 10.0 Å². The quantitative estimate of drug-likeness (QED) is 0.511. The Morgan fingerprint density at radius 1 is 1.37 bits per heavy atom. The lowest BCUT2D eigenvalue weighted by Gasteiger charge is -2.13. The van der Waals surface area contributed by atoms with Crippen LogP contribution >= 0.6 is 0 Å². The molecule has 2 heterocycles. The van der Waals surface area contributed by atoms with E-state index in [1.54, 1.807) is 0 Å². The van der Waals surface area contributed by atoms with Gasteiger partial charge >= 0.3 is 5.97 Å². The van der Waals surface area contributed by atoms with Crippen LogP contribution < -0.4 is 0 Å². The summed E-state index contributed by atoms with van der Waals surface area (Å²) in [5.74, 6) is -1.41. The Morgan fingerprint density at radius 2 is 1.89 bits per heavy atom. The van der Waals surface area contributed by atoms with Crippen molar-refractivity contribution >= 4 is 16.0 Å². The zero-order valence-corrected chi connectivity index (χ0v) is 10.8. The summed E-state index contributed by atoms with van der Waals surface area (Å²) in [4.78, 5) is 11.1. The average molecular weight is 291 g/mol. The highest BCUT2D eigenvalue weighted by Gasteiger charge is 2.40. The largest absolute Gasteiger partial charge is 0.478 e. The van der Waals surface area contributed by atoms with E-state index in [0.29, 0.717) is 0 Å². The molecule has 0 radical (unpaired) electrons. The predicted octanol–water partition coefficient (Wildman–Crippen LogP) is -1.86. The van der Waals surface area contributed by atoms with E-state index in [0.717, 1.165) is 4.31 Å². The number of β-amino-alcohol motifs (C(OH)–C–C–N with tert-alkyl or cyclic N) is 2. The molecule has 0 aliphatic carbocycles. The second kappa shape index (κ2) is 4.56. The van der Waals surface area contributed by atoms with Gasteiger partial charge in [-0.15, -0.1) is 0 Å². The lowest BCUT2D eigenvalue weighted by atomic mass is 10.3. The molecule has 19 heavy (non-hydrogen) atoms. The van der Waals surface area contributed by atoms with Crippen molar-refractivity contribution in [1.82, 2.24) is 14.5 Å². The summed E-state index contributed by atoms with van der Waals surface area (Å²) in [5.41, 5.74) is -0.317. The van der Waals surface area contributed by atoms with Crippen LogP contribution in [0.5, 0.6) is 0 Å². The monoisotopic (exact) mass is 291 g/mol. The van der Waals surface area contributed by atoms with Crippen LogP contribution in [0.1, 0.15) is 16.1 Å². The summed E-state index contributed by atoms with van der Waals surface area (Å²) in [6.45, 7) is 0.798. The van der Waals surface area contributed by atoms with Gasteiger partial charge in [0.15, 0.2) is 0 Å². The zero-order chi connectivity index (χ0) is 14.4. The number of carboxylic acid groups (broad SMARTS) is 1. The Morgan fingerprint density at radius 3 is 2.37 bits per heavy atom. The van der Waals surface area contributed by atoms with Crippen LogP contribution in [-0.2, 0) is 10.0 Å². The van der Waals surface area contributed by atoms with E-state index in [1.165, 1.54) is 6.92 Å². The fourth-order valence-corrected chi connectivity index (χ4v) is 3.50. The summed E-state index contributed by atoms with van der Waals surface area (Å²) in [5, 5.41) is 32.9. The highest BCUT2D eigenvalue weighted by molar-refractivity contribution is 7.89. The van der Waals surface area contributed by atoms with Crippen molar-refractivity contribution in [2.45, 2.75) is 24.2 Å². The first-order chi connectivity index (χ1) is 8.75. The maximum atomic E-state index is 12.2. The van der Waals surface area contributed by atoms with Crippen LogP contribution in [0.4, 0.5) is 0 Å². The molecule has 10 heteroatoms. The van der Waals surface area contributed by atoms with E-state index < -0.39 is 38.8 Å². The number of carbonyl (C=O) groups is 1. The van der Waals surface area contributed by atoms with E-state index in [2.05, 4.69) is 10.2 Å². The number of aromatic amines is 1. The van der Waals surface area contributed by atoms with Gasteiger partial charge in [-0.1, -0.05) is 0 Å². The summed E-state index contributed by atoms with van der Waals surface area (Å²) in [6, 6.07) is 0. The summed E-state index contributed by atoms with van der Waals surface area (Å²) >= 11 is 0. The lowest BCUT2D eigenvalue weighted by molar-refractivity contribution is 0.0572. The number of aromatic nitrogens is 2. The highest BCUT2D eigenvalue weighted by Crippen LogP contribution is 2.24. The van der Waals surface area contributed by atoms with Gasteiger partial charge in [-0.25, -0.2) is 13.2 Å². The number of sulfonamides is 1. The standard InChI is InChI=1S/C9H13N3O6S/c1-4-7(9(15)16)8(11-10-4)19(17,18)12-2-5(13)6(14)3-12/h5-6,13-14H,2-3H2,1H3,(H,10,11)(H,15,16). The zero-order valence-electron chi connectivity index (χ0n) is 9.94. The van der Waals surface area contributed by atoms with E-state index >= 15 is 0 Å². The molecule has 0 amide bonds. The molecule has 0 bridgehead atoms. The van der Waals surface area contributed by atoms with Crippen LogP contribution in [0.25, 0.3) is 0 Å². The van der Waals surface area contributed by atoms with Gasteiger partial charge < -0.3 is 15.3 Å². The fourth-order valence-electron chi connectivity index (χ4n) is 1.90. The number of hydrogen-bond donors (Lipinski definition) is 4. The van der Waals surface area contributed by atoms with Gasteiger partial charge in [0.1, 0.15) is 5.56 Å². The number of carboxylic acids is 1. The van der Waals surface area contributed by atoms with E-state index in [4.69, 9.17) is 5.11 Å². The maximum Gasteiger partial charge on any atom is 0.340 e. The van der Waals surface area contributed by atoms with Gasteiger partial charge in [0, 0.05) is 18.8 Å². The van der Waals surface area contributed by atoms with Crippen molar-refractivity contribution in [1.29, 1.82) is 0 Å². The van der Waals surface area contributed by atoms with Crippen molar-refractivity contribution in [3.8, 4) is 0 Å². The molecule has 4 N–H and O–H groups in total. The molecule has 2 rings (SSSR count). The van der Waals surface area contributed by atoms with Crippen LogP contribution in [0.3, 0.4) is 0 Å². The minimum atomic E-state index is -4.17. The smallest absolute Gasteiger partial charge is 0.340 e. The van der Waals surface area contributed by atoms with E-state index in [9.17, 15) is 23.4 Å². The van der Waals surface area contributed by atoms with Crippen molar-refractivity contribution in [3.05, 3.63) is 11.3 Å². The predicted molar refractivity (Wildman–Crippen MR) is 61.1 cm³/mol. The molecule has 2 atom stereocenters. The SMILES string of the molecule is Cc1[nH]nc(S(=O)(=O)N2CC(O)C(O)C2)c1C(=O)O. The Bertz CT molecular complexity index is 599. The molecular weight excluding hydrogens is 278 g/mol. The van der Waals surface area contributed by atoms with E-state index in [1.807, 2.05) is 0 Å². The first-order valence-electron chi connectivity index (χ1n) is 5.39. The second-order valence-corrected chi connectivity index (χ2v) is 6.14. The molecule has 1 aliphatic heterocycles. The van der Waals surface area contributed by atoms with Crippen LogP contribution in [0, 0.1) is 6.92 Å².